The Morgan fingerprint density at radius 1 is 1.08 bits per heavy atom. The highest BCUT2D eigenvalue weighted by Gasteiger charge is 2.36. The van der Waals surface area contributed by atoms with E-state index in [0.29, 0.717) is 29.9 Å². The molecule has 1 fully saturated rings. The molecule has 0 spiro atoms. The predicted molar refractivity (Wildman–Crippen MR) is 150 cm³/mol. The molecule has 1 amide bonds. The molecule has 208 valence electrons. The number of hydrogen-bond acceptors (Lipinski definition) is 8. The van der Waals surface area contributed by atoms with Crippen LogP contribution in [0.15, 0.2) is 30.0 Å². The van der Waals surface area contributed by atoms with Crippen LogP contribution in [0.5, 0.6) is 17.2 Å². The zero-order chi connectivity index (χ0) is 28.5. The monoisotopic (exact) mass is 553 g/mol. The number of thioether (sulfide) groups is 1. The summed E-state index contributed by atoms with van der Waals surface area (Å²) in [6.45, 7) is 13.7. The molecule has 1 unspecified atom stereocenters. The van der Waals surface area contributed by atoms with Crippen LogP contribution in [-0.2, 0) is 20.7 Å². The molecule has 2 aromatic rings. The van der Waals surface area contributed by atoms with Crippen molar-refractivity contribution in [2.24, 2.45) is 0 Å². The van der Waals surface area contributed by atoms with Gasteiger partial charge in [-0.05, 0) is 102 Å². The van der Waals surface area contributed by atoms with E-state index in [-0.39, 0.29) is 22.7 Å². The number of esters is 1. The van der Waals surface area contributed by atoms with Crippen molar-refractivity contribution in [3.8, 4) is 17.2 Å². The van der Waals surface area contributed by atoms with E-state index in [2.05, 4.69) is 5.32 Å². The minimum atomic E-state index is -0.565. The van der Waals surface area contributed by atoms with E-state index in [1.54, 1.807) is 6.08 Å². The molecule has 9 heteroatoms. The average Bonchev–Trinajstić information content (AvgIpc) is 3.17. The normalized spacial score (nSPS) is 19.8. The third kappa shape index (κ3) is 6.76. The molecule has 0 bridgehead atoms. The van der Waals surface area contributed by atoms with E-state index in [1.165, 1.54) is 0 Å². The van der Waals surface area contributed by atoms with E-state index in [0.717, 1.165) is 46.4 Å². The molecule has 2 heterocycles. The Morgan fingerprint density at radius 3 is 2.38 bits per heavy atom. The van der Waals surface area contributed by atoms with Crippen LogP contribution in [-0.4, -0.2) is 40.7 Å². The third-order valence-electron chi connectivity index (χ3n) is 6.70. The van der Waals surface area contributed by atoms with Crippen molar-refractivity contribution in [3.63, 3.8) is 0 Å². The molecule has 0 aliphatic carbocycles. The molecule has 4 rings (SSSR count). The molecular weight excluding hydrogens is 518 g/mol. The summed E-state index contributed by atoms with van der Waals surface area (Å²) in [7, 11) is 0. The summed E-state index contributed by atoms with van der Waals surface area (Å²) < 4.78 is 24.0. The molecular formula is C30H35NO7S. The Hall–Kier alpha value is -3.46. The van der Waals surface area contributed by atoms with Gasteiger partial charge in [0.25, 0.3) is 5.24 Å². The second kappa shape index (κ2) is 11.0. The van der Waals surface area contributed by atoms with Gasteiger partial charge in [0.15, 0.2) is 6.61 Å². The molecule has 0 radical (unpaired) electrons. The Balaban J connectivity index is 1.42. The van der Waals surface area contributed by atoms with Gasteiger partial charge in [-0.1, -0.05) is 12.1 Å². The van der Waals surface area contributed by atoms with Crippen LogP contribution >= 0.6 is 11.8 Å². The summed E-state index contributed by atoms with van der Waals surface area (Å²) in [4.78, 5) is 35.4. The lowest BCUT2D eigenvalue weighted by atomic mass is 9.87. The second-order valence-electron chi connectivity index (χ2n) is 11.2. The Bertz CT molecular complexity index is 1340. The lowest BCUT2D eigenvalue weighted by molar-refractivity contribution is -0.157. The van der Waals surface area contributed by atoms with Crippen LogP contribution in [0.25, 0.3) is 6.08 Å². The maximum Gasteiger partial charge on any atom is 0.344 e. The largest absolute Gasteiger partial charge is 0.489 e. The van der Waals surface area contributed by atoms with Gasteiger partial charge >= 0.3 is 5.97 Å². The fourth-order valence-corrected chi connectivity index (χ4v) is 5.13. The molecule has 2 aromatic carbocycles. The van der Waals surface area contributed by atoms with Crippen LogP contribution in [0.3, 0.4) is 0 Å². The maximum absolute atomic E-state index is 12.2. The van der Waals surface area contributed by atoms with Gasteiger partial charge < -0.3 is 24.3 Å². The van der Waals surface area contributed by atoms with Gasteiger partial charge in [-0.2, -0.15) is 0 Å². The summed E-state index contributed by atoms with van der Waals surface area (Å²) in [6.07, 6.45) is 3.18. The SMILES string of the molecule is Cc1c(C)c2c(c(C)c1OCC(=O)OC(C)(C)C)CCC(C)(COc1ccc(C=C3NC(=O)SC3=O)cc1)O2. The van der Waals surface area contributed by atoms with Crippen molar-refractivity contribution in [1.29, 1.82) is 0 Å². The molecule has 2 aliphatic heterocycles. The molecule has 0 saturated carbocycles. The van der Waals surface area contributed by atoms with Crippen LogP contribution in [0.4, 0.5) is 4.79 Å². The van der Waals surface area contributed by atoms with Gasteiger partial charge in [0.2, 0.25) is 5.12 Å². The van der Waals surface area contributed by atoms with Crippen molar-refractivity contribution >= 4 is 34.2 Å². The first-order valence-corrected chi connectivity index (χ1v) is 13.7. The number of rotatable bonds is 7. The second-order valence-corrected chi connectivity index (χ2v) is 12.1. The number of amides is 1. The molecule has 1 atom stereocenters. The topological polar surface area (TPSA) is 100 Å². The highest BCUT2D eigenvalue weighted by atomic mass is 32.2. The first kappa shape index (κ1) is 28.5. The number of hydrogen-bond donors (Lipinski definition) is 1. The van der Waals surface area contributed by atoms with Crippen LogP contribution in [0.1, 0.15) is 61.9 Å². The van der Waals surface area contributed by atoms with E-state index < -0.39 is 17.2 Å². The van der Waals surface area contributed by atoms with Crippen LogP contribution < -0.4 is 19.5 Å². The predicted octanol–water partition coefficient (Wildman–Crippen LogP) is 5.82. The molecule has 8 nitrogen and oxygen atoms in total. The van der Waals surface area contributed by atoms with Gasteiger partial charge in [0, 0.05) is 17.3 Å². The van der Waals surface area contributed by atoms with E-state index in [1.807, 2.05) is 72.7 Å². The van der Waals surface area contributed by atoms with Gasteiger partial charge in [-0.3, -0.25) is 9.59 Å². The maximum atomic E-state index is 12.2. The minimum Gasteiger partial charge on any atom is -0.489 e. The standard InChI is InChI=1S/C30H35NO7S/c1-17-18(2)26-22(19(3)25(17)35-15-24(32)37-29(4,5)6)12-13-30(7,38-26)16-36-21-10-8-20(9-11-21)14-23-27(33)39-28(34)31-23/h8-11,14H,12-13,15-16H2,1-7H3,(H,31,34). The van der Waals surface area contributed by atoms with E-state index in [9.17, 15) is 14.4 Å². The van der Waals surface area contributed by atoms with Crippen molar-refractivity contribution in [3.05, 3.63) is 57.8 Å². The number of nitrogens with one attached hydrogen (secondary N) is 1. The summed E-state index contributed by atoms with van der Waals surface area (Å²) >= 11 is 0.657. The fourth-order valence-electron chi connectivity index (χ4n) is 4.59. The number of fused-ring (bicyclic) bond motifs is 1. The Morgan fingerprint density at radius 2 is 1.77 bits per heavy atom. The third-order valence-corrected chi connectivity index (χ3v) is 7.39. The number of ether oxygens (including phenoxy) is 4. The Kier molecular flexibility index (Phi) is 8.02. The minimum absolute atomic E-state index is 0.149. The summed E-state index contributed by atoms with van der Waals surface area (Å²) in [5.41, 5.74) is 3.93. The highest BCUT2D eigenvalue weighted by Crippen LogP contribution is 2.44. The van der Waals surface area contributed by atoms with Crippen molar-refractivity contribution in [2.45, 2.75) is 72.5 Å². The van der Waals surface area contributed by atoms with Gasteiger partial charge in [0.1, 0.15) is 35.1 Å². The van der Waals surface area contributed by atoms with Crippen molar-refractivity contribution < 1.29 is 33.3 Å². The number of carbonyl (C=O) groups is 3. The van der Waals surface area contributed by atoms with Crippen molar-refractivity contribution in [2.75, 3.05) is 13.2 Å². The zero-order valence-corrected chi connectivity index (χ0v) is 24.3. The van der Waals surface area contributed by atoms with Crippen molar-refractivity contribution in [1.82, 2.24) is 5.32 Å². The molecule has 1 N–H and O–H groups in total. The smallest absolute Gasteiger partial charge is 0.344 e. The summed E-state index contributed by atoms with van der Waals surface area (Å²) in [5.74, 6) is 1.82. The lowest BCUT2D eigenvalue weighted by Gasteiger charge is -2.38. The van der Waals surface area contributed by atoms with E-state index >= 15 is 0 Å². The van der Waals surface area contributed by atoms with Gasteiger partial charge in [-0.25, -0.2) is 4.79 Å². The van der Waals surface area contributed by atoms with Crippen LogP contribution in [0, 0.1) is 20.8 Å². The van der Waals surface area contributed by atoms with Gasteiger partial charge in [-0.15, -0.1) is 0 Å². The van der Waals surface area contributed by atoms with Crippen LogP contribution in [0.2, 0.25) is 0 Å². The summed E-state index contributed by atoms with van der Waals surface area (Å²) in [6, 6.07) is 7.32. The molecule has 2 aliphatic rings. The first-order valence-electron chi connectivity index (χ1n) is 12.9. The highest BCUT2D eigenvalue weighted by molar-refractivity contribution is 8.27. The first-order chi connectivity index (χ1) is 18.2. The van der Waals surface area contributed by atoms with E-state index in [4.69, 9.17) is 18.9 Å². The fraction of sp³-hybridized carbons (Fsp3) is 0.433. The zero-order valence-electron chi connectivity index (χ0n) is 23.5. The molecule has 1 saturated heterocycles. The Labute approximate surface area is 233 Å². The van der Waals surface area contributed by atoms with Gasteiger partial charge in [0.05, 0.1) is 5.70 Å². The number of carbonyl (C=O) groups excluding carboxylic acids is 3. The molecule has 39 heavy (non-hydrogen) atoms. The number of benzene rings is 2. The quantitative estimate of drug-likeness (QED) is 0.338. The molecule has 0 aromatic heterocycles. The average molecular weight is 554 g/mol. The lowest BCUT2D eigenvalue weighted by Crippen LogP contribution is -2.42. The summed E-state index contributed by atoms with van der Waals surface area (Å²) in [5, 5.41) is 1.89.